The molecule has 1 saturated carbocycles. The first-order valence-electron chi connectivity index (χ1n) is 10.7. The van der Waals surface area contributed by atoms with Gasteiger partial charge in [0.25, 0.3) is 0 Å². The van der Waals surface area contributed by atoms with Crippen LogP contribution >= 0.6 is 0 Å². The number of ether oxygens (including phenoxy) is 1. The minimum atomic E-state index is -0.903. The molecule has 3 heterocycles. The zero-order valence-corrected chi connectivity index (χ0v) is 17.0. The molecular weight excluding hydrogens is 368 g/mol. The average Bonchev–Trinajstić information content (AvgIpc) is 3.11. The summed E-state index contributed by atoms with van der Waals surface area (Å²) in [6.07, 6.45) is 8.27. The van der Waals surface area contributed by atoms with Gasteiger partial charge in [0.2, 0.25) is 0 Å². The minimum Gasteiger partial charge on any atom is -0.489 e. The van der Waals surface area contributed by atoms with Gasteiger partial charge in [-0.2, -0.15) is 5.10 Å². The largest absolute Gasteiger partial charge is 0.489 e. The summed E-state index contributed by atoms with van der Waals surface area (Å²) >= 11 is 0. The van der Waals surface area contributed by atoms with Gasteiger partial charge in [-0.3, -0.25) is 9.58 Å². The van der Waals surface area contributed by atoms with Crippen LogP contribution in [-0.2, 0) is 6.42 Å². The van der Waals surface area contributed by atoms with Gasteiger partial charge < -0.3 is 15.2 Å². The van der Waals surface area contributed by atoms with E-state index >= 15 is 0 Å². The van der Waals surface area contributed by atoms with Crippen LogP contribution in [0.1, 0.15) is 51.1 Å². The fourth-order valence-corrected chi connectivity index (χ4v) is 4.55. The van der Waals surface area contributed by atoms with Gasteiger partial charge in [-0.25, -0.2) is 4.79 Å². The van der Waals surface area contributed by atoms with Gasteiger partial charge in [0.05, 0.1) is 24.0 Å². The summed E-state index contributed by atoms with van der Waals surface area (Å²) in [6.45, 7) is 5.07. The molecule has 3 aliphatic rings. The van der Waals surface area contributed by atoms with E-state index in [0.29, 0.717) is 12.1 Å². The summed E-state index contributed by atoms with van der Waals surface area (Å²) in [4.78, 5) is 13.4. The number of nitrogens with zero attached hydrogens (tertiary/aromatic N) is 3. The van der Waals surface area contributed by atoms with E-state index in [1.54, 1.807) is 0 Å². The summed E-state index contributed by atoms with van der Waals surface area (Å²) in [5, 5.41) is 17.7. The number of aromatic nitrogens is 2. The number of rotatable bonds is 4. The fourth-order valence-electron chi connectivity index (χ4n) is 4.55. The molecule has 2 aliphatic heterocycles. The highest BCUT2D eigenvalue weighted by molar-refractivity contribution is 5.91. The highest BCUT2D eigenvalue weighted by Gasteiger charge is 2.33. The number of hydrogen-bond donors (Lipinski definition) is 2. The molecule has 7 heteroatoms. The van der Waals surface area contributed by atoms with E-state index in [9.17, 15) is 9.90 Å². The van der Waals surface area contributed by atoms with E-state index in [1.807, 2.05) is 29.9 Å². The number of carbonyl (C=O) groups is 1. The quantitative estimate of drug-likeness (QED) is 0.821. The predicted octanol–water partition coefficient (Wildman–Crippen LogP) is 3.83. The van der Waals surface area contributed by atoms with E-state index in [1.165, 1.54) is 11.3 Å². The second-order valence-electron chi connectivity index (χ2n) is 8.62. The van der Waals surface area contributed by atoms with Gasteiger partial charge in [-0.15, -0.1) is 0 Å². The fraction of sp³-hybridized carbons (Fsp3) is 0.545. The molecule has 154 valence electrons. The van der Waals surface area contributed by atoms with E-state index in [2.05, 4.69) is 23.5 Å². The molecule has 2 unspecified atom stereocenters. The lowest BCUT2D eigenvalue weighted by Gasteiger charge is -2.36. The number of amides is 1. The number of carboxylic acid groups (broad SMARTS) is 1. The Morgan fingerprint density at radius 2 is 2.10 bits per heavy atom. The number of anilines is 1. The Kier molecular flexibility index (Phi) is 4.50. The molecule has 1 amide bonds. The Morgan fingerprint density at radius 3 is 2.72 bits per heavy atom. The molecule has 5 rings (SSSR count). The molecule has 2 fully saturated rings. The van der Waals surface area contributed by atoms with E-state index < -0.39 is 6.09 Å². The van der Waals surface area contributed by atoms with Crippen molar-refractivity contribution in [1.82, 2.24) is 15.1 Å². The number of hydrogen-bond acceptors (Lipinski definition) is 4. The summed E-state index contributed by atoms with van der Waals surface area (Å²) in [7, 11) is 0. The lowest BCUT2D eigenvalue weighted by Crippen LogP contribution is -2.51. The topological polar surface area (TPSA) is 79.6 Å². The number of fused-ring (bicyclic) bond motifs is 1. The third-order valence-electron chi connectivity index (χ3n) is 6.77. The summed E-state index contributed by atoms with van der Waals surface area (Å²) in [6, 6.07) is 4.71. The molecular formula is C22H28N4O3. The highest BCUT2D eigenvalue weighted by Crippen LogP contribution is 2.44. The first-order valence-corrected chi connectivity index (χ1v) is 10.7. The molecule has 1 aromatic heterocycles. The molecule has 0 radical (unpaired) electrons. The smallest absolute Gasteiger partial charge is 0.412 e. The Bertz CT molecular complexity index is 936. The molecule has 0 spiro atoms. The molecule has 0 bridgehead atoms. The van der Waals surface area contributed by atoms with Crippen LogP contribution in [0.4, 0.5) is 10.5 Å². The molecule has 7 nitrogen and oxygen atoms in total. The maximum atomic E-state index is 11.9. The van der Waals surface area contributed by atoms with Crippen molar-refractivity contribution in [3.8, 4) is 16.9 Å². The first-order chi connectivity index (χ1) is 14.0. The van der Waals surface area contributed by atoms with Gasteiger partial charge in [0.1, 0.15) is 5.75 Å². The number of benzene rings is 1. The molecule has 2 aromatic rings. The van der Waals surface area contributed by atoms with Crippen molar-refractivity contribution in [2.24, 2.45) is 0 Å². The summed E-state index contributed by atoms with van der Waals surface area (Å²) < 4.78 is 8.50. The predicted molar refractivity (Wildman–Crippen MR) is 111 cm³/mol. The number of nitrogens with one attached hydrogen (secondary N) is 1. The molecule has 1 saturated heterocycles. The van der Waals surface area contributed by atoms with Crippen molar-refractivity contribution in [3.63, 3.8) is 0 Å². The second kappa shape index (κ2) is 7.06. The van der Waals surface area contributed by atoms with Crippen LogP contribution in [0, 0.1) is 0 Å². The van der Waals surface area contributed by atoms with Crippen LogP contribution in [0.15, 0.2) is 24.5 Å². The second-order valence-corrected chi connectivity index (χ2v) is 8.62. The zero-order valence-electron chi connectivity index (χ0n) is 17.0. The standard InChI is InChI=1S/C22H28N4O3/c1-13-6-7-18-19(26(13)22(27)28)9-8-17(21(18)29-16-4-3-5-16)15-10-24-25(12-15)20-11-23-14(20)2/h8-10,12-14,16,20,23H,3-7,11H2,1-2H3,(H,27,28)/t13-,14?,20?/m0/s1. The van der Waals surface area contributed by atoms with Crippen molar-refractivity contribution < 1.29 is 14.6 Å². The maximum absolute atomic E-state index is 11.9. The van der Waals surface area contributed by atoms with E-state index in [-0.39, 0.29) is 12.1 Å². The Labute approximate surface area is 170 Å². The van der Waals surface area contributed by atoms with Crippen molar-refractivity contribution >= 4 is 11.8 Å². The normalized spacial score (nSPS) is 26.4. The molecule has 2 N–H and O–H groups in total. The lowest BCUT2D eigenvalue weighted by molar-refractivity contribution is 0.119. The lowest BCUT2D eigenvalue weighted by atomic mass is 9.91. The van der Waals surface area contributed by atoms with Crippen molar-refractivity contribution in [3.05, 3.63) is 30.1 Å². The van der Waals surface area contributed by atoms with Crippen molar-refractivity contribution in [2.45, 2.75) is 70.2 Å². The van der Waals surface area contributed by atoms with Crippen molar-refractivity contribution in [2.75, 3.05) is 11.4 Å². The van der Waals surface area contributed by atoms with Crippen LogP contribution in [0.3, 0.4) is 0 Å². The Morgan fingerprint density at radius 1 is 1.28 bits per heavy atom. The molecule has 3 atom stereocenters. The maximum Gasteiger partial charge on any atom is 0.412 e. The van der Waals surface area contributed by atoms with Gasteiger partial charge >= 0.3 is 6.09 Å². The van der Waals surface area contributed by atoms with E-state index in [0.717, 1.165) is 60.4 Å². The summed E-state index contributed by atoms with van der Waals surface area (Å²) in [5.74, 6) is 0.852. The first kappa shape index (κ1) is 18.5. The zero-order chi connectivity index (χ0) is 20.1. The van der Waals surface area contributed by atoms with Gasteiger partial charge in [0, 0.05) is 41.5 Å². The highest BCUT2D eigenvalue weighted by atomic mass is 16.5. The molecule has 1 aliphatic carbocycles. The molecule has 1 aromatic carbocycles. The van der Waals surface area contributed by atoms with Crippen molar-refractivity contribution in [1.29, 1.82) is 0 Å². The monoisotopic (exact) mass is 396 g/mol. The van der Waals surface area contributed by atoms with Gasteiger partial charge in [0.15, 0.2) is 0 Å². The van der Waals surface area contributed by atoms with Crippen LogP contribution in [-0.4, -0.2) is 45.7 Å². The van der Waals surface area contributed by atoms with Gasteiger partial charge in [-0.05, 0) is 58.1 Å². The van der Waals surface area contributed by atoms with E-state index in [4.69, 9.17) is 4.74 Å². The summed E-state index contributed by atoms with van der Waals surface area (Å²) in [5.41, 5.74) is 3.82. The van der Waals surface area contributed by atoms with Crippen LogP contribution in [0.5, 0.6) is 5.75 Å². The minimum absolute atomic E-state index is 0.0299. The SMILES string of the molecule is CC1NCC1n1cc(-c2ccc3c(c2OC2CCC2)CC[C@H](C)N3C(=O)O)cn1. The Hall–Kier alpha value is -2.54. The average molecular weight is 396 g/mol. The van der Waals surface area contributed by atoms with Crippen LogP contribution < -0.4 is 15.0 Å². The molecule has 29 heavy (non-hydrogen) atoms. The third-order valence-corrected chi connectivity index (χ3v) is 6.77. The van der Waals surface area contributed by atoms with Crippen LogP contribution in [0.25, 0.3) is 11.1 Å². The Balaban J connectivity index is 1.57. The van der Waals surface area contributed by atoms with Crippen LogP contribution in [0.2, 0.25) is 0 Å². The third kappa shape index (κ3) is 3.08. The van der Waals surface area contributed by atoms with Gasteiger partial charge in [-0.1, -0.05) is 0 Å².